The molecule has 0 spiro atoms. The van der Waals surface area contributed by atoms with E-state index in [0.29, 0.717) is 29.2 Å². The number of carbonyl (C=O) groups is 2. The summed E-state index contributed by atoms with van der Waals surface area (Å²) in [5.74, 6) is 0.367. The first-order valence-corrected chi connectivity index (χ1v) is 10.1. The average Bonchev–Trinajstić information content (AvgIpc) is 2.75. The zero-order valence-corrected chi connectivity index (χ0v) is 17.1. The number of hydrogen-bond donors (Lipinski definition) is 1. The van der Waals surface area contributed by atoms with Gasteiger partial charge >= 0.3 is 0 Å². The van der Waals surface area contributed by atoms with Crippen molar-refractivity contribution in [3.05, 3.63) is 89.5 Å². The molecule has 0 fully saturated rings. The standard InChI is InChI=1S/C25H24N2O3/c1-17-8-10-20(11-9-17)24(28)26-21-12-13-23-22(16-21)27(25(29)18(2)30-23)15-14-19-6-4-3-5-7-19/h3-13,16,18H,14-15H2,1-2H3,(H,26,28). The number of nitrogens with one attached hydrogen (secondary N) is 1. The molecule has 1 aliphatic rings. The van der Waals surface area contributed by atoms with E-state index >= 15 is 0 Å². The minimum Gasteiger partial charge on any atom is -0.479 e. The second-order valence-corrected chi connectivity index (χ2v) is 7.49. The number of anilines is 2. The summed E-state index contributed by atoms with van der Waals surface area (Å²) in [6.07, 6.45) is 0.194. The van der Waals surface area contributed by atoms with E-state index in [9.17, 15) is 9.59 Å². The van der Waals surface area contributed by atoms with Crippen molar-refractivity contribution in [1.29, 1.82) is 0 Å². The fourth-order valence-electron chi connectivity index (χ4n) is 3.51. The van der Waals surface area contributed by atoms with Crippen molar-refractivity contribution in [2.24, 2.45) is 0 Å². The highest BCUT2D eigenvalue weighted by Crippen LogP contribution is 2.36. The van der Waals surface area contributed by atoms with Crippen LogP contribution < -0.4 is 15.0 Å². The summed E-state index contributed by atoms with van der Waals surface area (Å²) in [6, 6.07) is 22.9. The van der Waals surface area contributed by atoms with E-state index in [0.717, 1.165) is 17.5 Å². The van der Waals surface area contributed by atoms with Gasteiger partial charge < -0.3 is 15.0 Å². The maximum absolute atomic E-state index is 12.8. The summed E-state index contributed by atoms with van der Waals surface area (Å²) in [4.78, 5) is 27.1. The normalized spacial score (nSPS) is 15.3. The maximum atomic E-state index is 12.8. The van der Waals surface area contributed by atoms with Crippen LogP contribution in [0.25, 0.3) is 0 Å². The van der Waals surface area contributed by atoms with Gasteiger partial charge in [0, 0.05) is 17.8 Å². The van der Waals surface area contributed by atoms with Crippen LogP contribution in [0, 0.1) is 6.92 Å². The van der Waals surface area contributed by atoms with E-state index in [-0.39, 0.29) is 11.8 Å². The number of aryl methyl sites for hydroxylation is 1. The van der Waals surface area contributed by atoms with Crippen molar-refractivity contribution in [1.82, 2.24) is 0 Å². The Labute approximate surface area is 176 Å². The fourth-order valence-corrected chi connectivity index (χ4v) is 3.51. The van der Waals surface area contributed by atoms with Crippen molar-refractivity contribution in [3.63, 3.8) is 0 Å². The molecule has 0 saturated heterocycles. The second-order valence-electron chi connectivity index (χ2n) is 7.49. The Kier molecular flexibility index (Phi) is 5.53. The third kappa shape index (κ3) is 4.20. The Bertz CT molecular complexity index is 1060. The molecule has 30 heavy (non-hydrogen) atoms. The molecule has 1 N–H and O–H groups in total. The molecule has 0 saturated carbocycles. The third-order valence-electron chi connectivity index (χ3n) is 5.21. The molecule has 5 heteroatoms. The Hall–Kier alpha value is -3.60. The fraction of sp³-hybridized carbons (Fsp3) is 0.200. The van der Waals surface area contributed by atoms with Gasteiger partial charge in [-0.1, -0.05) is 48.0 Å². The van der Waals surface area contributed by atoms with Crippen LogP contribution >= 0.6 is 0 Å². The van der Waals surface area contributed by atoms with Gasteiger partial charge in [0.25, 0.3) is 11.8 Å². The first kappa shape index (κ1) is 19.7. The molecule has 2 amide bonds. The van der Waals surface area contributed by atoms with Gasteiger partial charge in [0.15, 0.2) is 6.10 Å². The molecule has 3 aromatic carbocycles. The monoisotopic (exact) mass is 400 g/mol. The Morgan fingerprint density at radius 1 is 1.03 bits per heavy atom. The molecular weight excluding hydrogens is 376 g/mol. The Balaban J connectivity index is 1.56. The molecule has 3 aromatic rings. The van der Waals surface area contributed by atoms with Crippen molar-refractivity contribution >= 4 is 23.2 Å². The van der Waals surface area contributed by atoms with E-state index in [2.05, 4.69) is 5.32 Å². The van der Waals surface area contributed by atoms with Gasteiger partial charge in [0.05, 0.1) is 5.69 Å². The summed E-state index contributed by atoms with van der Waals surface area (Å²) in [5, 5.41) is 2.92. The average molecular weight is 400 g/mol. The van der Waals surface area contributed by atoms with Crippen LogP contribution in [0.1, 0.15) is 28.4 Å². The largest absolute Gasteiger partial charge is 0.479 e. The van der Waals surface area contributed by atoms with Crippen molar-refractivity contribution in [3.8, 4) is 5.75 Å². The van der Waals surface area contributed by atoms with Crippen LogP contribution in [0.2, 0.25) is 0 Å². The number of carbonyl (C=O) groups excluding carboxylic acids is 2. The summed E-state index contributed by atoms with van der Waals surface area (Å²) in [7, 11) is 0. The Morgan fingerprint density at radius 3 is 2.50 bits per heavy atom. The van der Waals surface area contributed by atoms with Crippen LogP contribution in [-0.4, -0.2) is 24.5 Å². The smallest absolute Gasteiger partial charge is 0.267 e. The van der Waals surface area contributed by atoms with Gasteiger partial charge in [0.2, 0.25) is 0 Å². The molecular formula is C25H24N2O3. The van der Waals surface area contributed by atoms with E-state index in [4.69, 9.17) is 4.74 Å². The van der Waals surface area contributed by atoms with Crippen molar-refractivity contribution in [2.75, 3.05) is 16.8 Å². The minimum atomic E-state index is -0.540. The van der Waals surface area contributed by atoms with Crippen LogP contribution in [0.3, 0.4) is 0 Å². The van der Waals surface area contributed by atoms with Crippen molar-refractivity contribution < 1.29 is 14.3 Å². The summed E-state index contributed by atoms with van der Waals surface area (Å²) < 4.78 is 5.78. The highest BCUT2D eigenvalue weighted by Gasteiger charge is 2.31. The third-order valence-corrected chi connectivity index (χ3v) is 5.21. The zero-order valence-electron chi connectivity index (χ0n) is 17.1. The van der Waals surface area contributed by atoms with E-state index in [1.165, 1.54) is 0 Å². The zero-order chi connectivity index (χ0) is 21.1. The first-order chi connectivity index (χ1) is 14.5. The van der Waals surface area contributed by atoms with Gasteiger partial charge in [-0.15, -0.1) is 0 Å². The molecule has 4 rings (SSSR count). The molecule has 1 atom stereocenters. The molecule has 0 aliphatic carbocycles. The van der Waals surface area contributed by atoms with Gasteiger partial charge in [-0.25, -0.2) is 0 Å². The van der Waals surface area contributed by atoms with Gasteiger partial charge in [-0.05, 0) is 56.2 Å². The van der Waals surface area contributed by atoms with E-state index < -0.39 is 6.10 Å². The molecule has 0 bridgehead atoms. The molecule has 0 radical (unpaired) electrons. The number of ether oxygens (including phenoxy) is 1. The lowest BCUT2D eigenvalue weighted by Gasteiger charge is -2.33. The summed E-state index contributed by atoms with van der Waals surface area (Å²) >= 11 is 0. The van der Waals surface area contributed by atoms with Gasteiger partial charge in [0.1, 0.15) is 5.75 Å². The molecule has 152 valence electrons. The molecule has 5 nitrogen and oxygen atoms in total. The summed E-state index contributed by atoms with van der Waals surface area (Å²) in [6.45, 7) is 4.28. The first-order valence-electron chi connectivity index (χ1n) is 10.1. The lowest BCUT2D eigenvalue weighted by Crippen LogP contribution is -2.45. The topological polar surface area (TPSA) is 58.6 Å². The van der Waals surface area contributed by atoms with E-state index in [1.807, 2.05) is 49.4 Å². The lowest BCUT2D eigenvalue weighted by molar-refractivity contribution is -0.125. The number of benzene rings is 3. The molecule has 1 heterocycles. The van der Waals surface area contributed by atoms with Crippen LogP contribution in [0.5, 0.6) is 5.75 Å². The number of fused-ring (bicyclic) bond motifs is 1. The predicted molar refractivity (Wildman–Crippen MR) is 118 cm³/mol. The lowest BCUT2D eigenvalue weighted by atomic mass is 10.1. The highest BCUT2D eigenvalue weighted by atomic mass is 16.5. The Morgan fingerprint density at radius 2 is 1.77 bits per heavy atom. The number of nitrogens with zero attached hydrogens (tertiary/aromatic N) is 1. The number of rotatable bonds is 5. The van der Waals surface area contributed by atoms with E-state index in [1.54, 1.807) is 42.2 Å². The quantitative estimate of drug-likeness (QED) is 0.681. The molecule has 1 unspecified atom stereocenters. The maximum Gasteiger partial charge on any atom is 0.267 e. The minimum absolute atomic E-state index is 0.0829. The van der Waals surface area contributed by atoms with Gasteiger partial charge in [-0.2, -0.15) is 0 Å². The SMILES string of the molecule is Cc1ccc(C(=O)Nc2ccc3c(c2)N(CCc2ccccc2)C(=O)C(C)O3)cc1. The van der Waals surface area contributed by atoms with Crippen molar-refractivity contribution in [2.45, 2.75) is 26.4 Å². The van der Waals surface area contributed by atoms with Crippen LogP contribution in [0.4, 0.5) is 11.4 Å². The van der Waals surface area contributed by atoms with Gasteiger partial charge in [-0.3, -0.25) is 9.59 Å². The highest BCUT2D eigenvalue weighted by molar-refractivity contribution is 6.05. The molecule has 1 aliphatic heterocycles. The second kappa shape index (κ2) is 8.41. The number of amides is 2. The van der Waals surface area contributed by atoms with Crippen LogP contribution in [-0.2, 0) is 11.2 Å². The summed E-state index contributed by atoms with van der Waals surface area (Å²) in [5.41, 5.74) is 4.14. The molecule has 0 aromatic heterocycles. The number of hydrogen-bond acceptors (Lipinski definition) is 3. The van der Waals surface area contributed by atoms with Crippen LogP contribution in [0.15, 0.2) is 72.8 Å². The predicted octanol–water partition coefficient (Wildman–Crippen LogP) is 4.60.